The van der Waals surface area contributed by atoms with Gasteiger partial charge in [-0.15, -0.1) is 0 Å². The van der Waals surface area contributed by atoms with Crippen LogP contribution in [0.25, 0.3) is 6.08 Å². The van der Waals surface area contributed by atoms with E-state index in [9.17, 15) is 9.59 Å². The Morgan fingerprint density at radius 2 is 1.86 bits per heavy atom. The van der Waals surface area contributed by atoms with Crippen molar-refractivity contribution in [2.45, 2.75) is 13.8 Å². The summed E-state index contributed by atoms with van der Waals surface area (Å²) >= 11 is 0.484. The normalized spacial score (nSPS) is 10.5. The quantitative estimate of drug-likeness (QED) is 0.219. The number of ketones is 1. The molecule has 2 aromatic rings. The first-order valence-electron chi connectivity index (χ1n) is 8.69. The molecule has 0 heterocycles. The predicted molar refractivity (Wildman–Crippen MR) is 110 cm³/mol. The van der Waals surface area contributed by atoms with E-state index >= 15 is 0 Å². The Labute approximate surface area is 180 Å². The van der Waals surface area contributed by atoms with Gasteiger partial charge in [0.05, 0.1) is 0 Å². The van der Waals surface area contributed by atoms with E-state index in [0.29, 0.717) is 54.2 Å². The van der Waals surface area contributed by atoms with Crippen molar-refractivity contribution in [1.29, 1.82) is 0 Å². The summed E-state index contributed by atoms with van der Waals surface area (Å²) in [6.07, 6.45) is 3.59. The SMILES string of the molecule is CCOC(=O)c1ccc([NH][Tl])c(C(=[NH2+])/C=C/c2ccc(C(C)=O)cc2)c1OC. The number of methoxy groups -OCH3 is 1. The van der Waals surface area contributed by atoms with Crippen LogP contribution in [0.2, 0.25) is 0 Å². The van der Waals surface area contributed by atoms with Gasteiger partial charge in [-0.1, -0.05) is 0 Å². The monoisotopic (exact) mass is 571 g/mol. The summed E-state index contributed by atoms with van der Waals surface area (Å²) in [5, 5.41) is 6.34. The van der Waals surface area contributed by atoms with Crippen LogP contribution in [-0.2, 0) is 4.74 Å². The molecule has 0 saturated heterocycles. The second kappa shape index (κ2) is 10.2. The van der Waals surface area contributed by atoms with Crippen molar-refractivity contribution in [2.75, 3.05) is 16.8 Å². The Morgan fingerprint density at radius 1 is 1.18 bits per heavy atom. The zero-order valence-corrected chi connectivity index (χ0v) is 20.6. The number of nitrogens with one attached hydrogen (secondary N) is 1. The number of esters is 1. The summed E-state index contributed by atoms with van der Waals surface area (Å²) in [5.74, 6) is -0.0662. The molecule has 0 bridgehead atoms. The van der Waals surface area contributed by atoms with Crippen LogP contribution < -0.4 is 13.3 Å². The molecule has 0 spiro atoms. The van der Waals surface area contributed by atoms with Crippen LogP contribution in [0.1, 0.15) is 45.7 Å². The second-order valence-corrected chi connectivity index (χ2v) is 7.02. The first kappa shape index (κ1) is 21.8. The number of rotatable bonds is 8. The summed E-state index contributed by atoms with van der Waals surface area (Å²) < 4.78 is 13.9. The van der Waals surface area contributed by atoms with Crippen molar-refractivity contribution in [1.82, 2.24) is 0 Å². The molecule has 3 N–H and O–H groups in total. The van der Waals surface area contributed by atoms with Gasteiger partial charge in [-0.3, -0.25) is 0 Å². The van der Waals surface area contributed by atoms with E-state index in [4.69, 9.17) is 14.9 Å². The number of hydrogen-bond donors (Lipinski definition) is 2. The molecule has 6 nitrogen and oxygen atoms in total. The molecule has 0 fully saturated rings. The molecule has 0 amide bonds. The number of carbonyl (C=O) groups is 2. The van der Waals surface area contributed by atoms with Gasteiger partial charge in [-0.05, 0) is 0 Å². The van der Waals surface area contributed by atoms with Crippen molar-refractivity contribution in [3.63, 3.8) is 0 Å². The number of anilines is 1. The summed E-state index contributed by atoms with van der Waals surface area (Å²) in [7, 11) is 1.50. The number of benzene rings is 2. The van der Waals surface area contributed by atoms with Crippen LogP contribution in [0.15, 0.2) is 42.5 Å². The number of nitrogens with two attached hydrogens (primary N) is 1. The average Bonchev–Trinajstić information content (AvgIpc) is 2.71. The van der Waals surface area contributed by atoms with Gasteiger partial charge in [-0.25, -0.2) is 0 Å². The molecule has 0 saturated carbocycles. The van der Waals surface area contributed by atoms with E-state index in [1.165, 1.54) is 14.0 Å². The first-order chi connectivity index (χ1) is 13.4. The topological polar surface area (TPSA) is 90.2 Å². The average molecular weight is 571 g/mol. The summed E-state index contributed by atoms with van der Waals surface area (Å²) in [6, 6.07) is 10.7. The second-order valence-electron chi connectivity index (χ2n) is 5.90. The van der Waals surface area contributed by atoms with E-state index in [-0.39, 0.29) is 12.4 Å². The molecule has 0 aliphatic carbocycles. The summed E-state index contributed by atoms with van der Waals surface area (Å²) in [4.78, 5) is 23.6. The molecule has 0 aromatic heterocycles. The molecule has 7 heteroatoms. The van der Waals surface area contributed by atoms with E-state index in [2.05, 4.69) is 3.13 Å². The summed E-state index contributed by atoms with van der Waals surface area (Å²) in [6.45, 7) is 3.55. The van der Waals surface area contributed by atoms with Crippen molar-refractivity contribution in [2.24, 2.45) is 0 Å². The Morgan fingerprint density at radius 3 is 2.39 bits per heavy atom. The summed E-state index contributed by atoms with van der Waals surface area (Å²) in [5.41, 5.74) is 3.74. The van der Waals surface area contributed by atoms with Crippen LogP contribution in [0.4, 0.5) is 5.69 Å². The number of carbonyl (C=O) groups excluding carboxylic acids is 2. The Hall–Kier alpha value is -2.49. The van der Waals surface area contributed by atoms with E-state index < -0.39 is 5.97 Å². The third-order valence-electron chi connectivity index (χ3n) is 4.07. The van der Waals surface area contributed by atoms with Crippen LogP contribution in [0.3, 0.4) is 0 Å². The molecule has 0 aliphatic rings. The molecular formula is C21H22N2O4Tl+. The van der Waals surface area contributed by atoms with Gasteiger partial charge >= 0.3 is 181 Å². The van der Waals surface area contributed by atoms with Crippen LogP contribution >= 0.6 is 0 Å². The van der Waals surface area contributed by atoms with Crippen LogP contribution in [-0.4, -0.2) is 57.2 Å². The number of ether oxygens (including phenoxy) is 2. The predicted octanol–water partition coefficient (Wildman–Crippen LogP) is 1.83. The standard InChI is InChI=1S/C21H22N2O4.Tl/c1-4-27-21(25)16-10-12-18(23)19(20(16)26-3)17(22)11-7-14-5-8-15(9-6-14)13(2)24;/h5-12H,4H2,1-3H3,(H3,22,23,25);/q;+1/b11-7+;. The van der Waals surface area contributed by atoms with Gasteiger partial charge in [0.15, 0.2) is 0 Å². The molecule has 0 radical (unpaired) electrons. The van der Waals surface area contributed by atoms with E-state index in [1.807, 2.05) is 18.2 Å². The molecule has 142 valence electrons. The van der Waals surface area contributed by atoms with E-state index in [1.54, 1.807) is 37.3 Å². The fourth-order valence-electron chi connectivity index (χ4n) is 2.67. The third-order valence-corrected chi connectivity index (χ3v) is 5.28. The van der Waals surface area contributed by atoms with Gasteiger partial charge in [0, 0.05) is 0 Å². The number of allylic oxidation sites excluding steroid dienone is 1. The number of Topliss-reactive ketones (excluding diaryl/α,β-unsaturated/α-hetero) is 1. The Bertz CT molecular complexity index is 921. The molecule has 2 aromatic carbocycles. The van der Waals surface area contributed by atoms with Gasteiger partial charge in [0.1, 0.15) is 0 Å². The van der Waals surface area contributed by atoms with Crippen molar-refractivity contribution >= 4 is 55.3 Å². The van der Waals surface area contributed by atoms with Gasteiger partial charge in [0.25, 0.3) is 0 Å². The molecule has 0 aliphatic heterocycles. The molecular weight excluding hydrogens is 549 g/mol. The maximum absolute atomic E-state index is 12.3. The van der Waals surface area contributed by atoms with Crippen LogP contribution in [0.5, 0.6) is 5.75 Å². The Kier molecular flexibility index (Phi) is 7.92. The Balaban J connectivity index is 2.41. The van der Waals surface area contributed by atoms with Crippen molar-refractivity contribution < 1.29 is 24.5 Å². The number of hydrogen-bond acceptors (Lipinski definition) is 5. The van der Waals surface area contributed by atoms with E-state index in [0.717, 1.165) is 11.3 Å². The zero-order chi connectivity index (χ0) is 20.7. The first-order valence-corrected chi connectivity index (χ1v) is 10.9. The minimum atomic E-state index is -0.459. The van der Waals surface area contributed by atoms with Gasteiger partial charge in [0.2, 0.25) is 0 Å². The molecule has 0 atom stereocenters. The van der Waals surface area contributed by atoms with Crippen molar-refractivity contribution in [3.05, 3.63) is 64.7 Å². The zero-order valence-electron chi connectivity index (χ0n) is 16.1. The van der Waals surface area contributed by atoms with Gasteiger partial charge in [-0.2, -0.15) is 0 Å². The molecule has 28 heavy (non-hydrogen) atoms. The fourth-order valence-corrected chi connectivity index (χ4v) is 3.60. The molecule has 2 rings (SSSR count). The van der Waals surface area contributed by atoms with Gasteiger partial charge < -0.3 is 0 Å². The third kappa shape index (κ3) is 5.06. The van der Waals surface area contributed by atoms with Crippen molar-refractivity contribution in [3.8, 4) is 5.75 Å². The van der Waals surface area contributed by atoms with Crippen LogP contribution in [0, 0.1) is 0 Å². The minimum absolute atomic E-state index is 0.0192. The fraction of sp³-hybridized carbons (Fsp3) is 0.190. The molecule has 0 unspecified atom stereocenters. The maximum atomic E-state index is 12.3.